The summed E-state index contributed by atoms with van der Waals surface area (Å²) in [5, 5.41) is 3.36. The first-order valence-corrected chi connectivity index (χ1v) is 5.90. The Labute approximate surface area is 103 Å². The Kier molecular flexibility index (Phi) is 6.43. The first-order chi connectivity index (χ1) is 8.27. The first-order valence-electron chi connectivity index (χ1n) is 5.90. The molecule has 0 amide bonds. The number of benzene rings is 1. The van der Waals surface area contributed by atoms with Gasteiger partial charge < -0.3 is 20.5 Å². The second kappa shape index (κ2) is 7.92. The van der Waals surface area contributed by atoms with E-state index in [0.29, 0.717) is 5.69 Å². The third kappa shape index (κ3) is 5.06. The summed E-state index contributed by atoms with van der Waals surface area (Å²) in [6.07, 6.45) is 2.02. The Morgan fingerprint density at radius 2 is 2.06 bits per heavy atom. The Bertz CT molecular complexity index is 329. The highest BCUT2D eigenvalue weighted by Crippen LogP contribution is 2.21. The average molecular weight is 238 g/mol. The number of nitrogens with two attached hydrogens (primary N) is 1. The summed E-state index contributed by atoms with van der Waals surface area (Å²) in [5.74, 6) is 0.738. The molecule has 0 aliphatic carbocycles. The zero-order valence-corrected chi connectivity index (χ0v) is 10.7. The summed E-state index contributed by atoms with van der Waals surface area (Å²) in [5.41, 5.74) is 7.76. The topological polar surface area (TPSA) is 56.5 Å². The van der Waals surface area contributed by atoms with Crippen molar-refractivity contribution in [2.24, 2.45) is 0 Å². The second-order valence-corrected chi connectivity index (χ2v) is 3.92. The van der Waals surface area contributed by atoms with Gasteiger partial charge in [0.2, 0.25) is 0 Å². The van der Waals surface area contributed by atoms with E-state index in [1.54, 1.807) is 14.2 Å². The second-order valence-electron chi connectivity index (χ2n) is 3.92. The van der Waals surface area contributed by atoms with Crippen molar-refractivity contribution < 1.29 is 9.47 Å². The van der Waals surface area contributed by atoms with Crippen molar-refractivity contribution >= 4 is 5.69 Å². The highest BCUT2D eigenvalue weighted by Gasteiger charge is 2.00. The number of nitrogen functional groups attached to an aromatic ring is 1. The standard InChI is InChI=1S/C13H22N2O2/c1-16-9-3-7-15-8-6-11-4-5-13(17-2)12(14)10-11/h4-5,10,15H,3,6-9,14H2,1-2H3. The third-order valence-corrected chi connectivity index (χ3v) is 2.59. The third-order valence-electron chi connectivity index (χ3n) is 2.59. The van der Waals surface area contributed by atoms with Crippen LogP contribution in [0.5, 0.6) is 5.75 Å². The van der Waals surface area contributed by atoms with Crippen molar-refractivity contribution in [3.8, 4) is 5.75 Å². The Balaban J connectivity index is 2.25. The molecule has 0 aliphatic heterocycles. The number of anilines is 1. The van der Waals surface area contributed by atoms with E-state index in [-0.39, 0.29) is 0 Å². The zero-order chi connectivity index (χ0) is 12.5. The predicted molar refractivity (Wildman–Crippen MR) is 70.5 cm³/mol. The van der Waals surface area contributed by atoms with Gasteiger partial charge in [0.05, 0.1) is 12.8 Å². The van der Waals surface area contributed by atoms with Gasteiger partial charge in [0.1, 0.15) is 5.75 Å². The van der Waals surface area contributed by atoms with Crippen molar-refractivity contribution in [1.82, 2.24) is 5.32 Å². The minimum absolute atomic E-state index is 0.699. The van der Waals surface area contributed by atoms with Crippen LogP contribution >= 0.6 is 0 Å². The van der Waals surface area contributed by atoms with Crippen LogP contribution in [0.3, 0.4) is 0 Å². The van der Waals surface area contributed by atoms with Crippen LogP contribution in [0.2, 0.25) is 0 Å². The molecule has 0 saturated heterocycles. The van der Waals surface area contributed by atoms with Crippen molar-refractivity contribution in [2.75, 3.05) is 39.6 Å². The molecule has 0 atom stereocenters. The number of nitrogens with one attached hydrogen (secondary N) is 1. The lowest BCUT2D eigenvalue weighted by atomic mass is 10.1. The SMILES string of the molecule is COCCCNCCc1ccc(OC)c(N)c1. The van der Waals surface area contributed by atoms with E-state index < -0.39 is 0 Å². The van der Waals surface area contributed by atoms with Crippen molar-refractivity contribution in [3.05, 3.63) is 23.8 Å². The smallest absolute Gasteiger partial charge is 0.141 e. The molecular formula is C13H22N2O2. The molecule has 4 heteroatoms. The summed E-state index contributed by atoms with van der Waals surface area (Å²) >= 11 is 0. The maximum absolute atomic E-state index is 5.84. The lowest BCUT2D eigenvalue weighted by Gasteiger charge is -2.08. The molecule has 0 unspecified atom stereocenters. The lowest BCUT2D eigenvalue weighted by molar-refractivity contribution is 0.194. The number of methoxy groups -OCH3 is 2. The number of rotatable bonds is 8. The van der Waals surface area contributed by atoms with Crippen LogP contribution in [0.25, 0.3) is 0 Å². The Hall–Kier alpha value is -1.26. The summed E-state index contributed by atoms with van der Waals surface area (Å²) in [7, 11) is 3.35. The van der Waals surface area contributed by atoms with E-state index in [9.17, 15) is 0 Å². The molecule has 0 aromatic heterocycles. The van der Waals surface area contributed by atoms with Crippen LogP contribution < -0.4 is 15.8 Å². The van der Waals surface area contributed by atoms with E-state index in [0.717, 1.165) is 38.3 Å². The maximum atomic E-state index is 5.84. The average Bonchev–Trinajstić information content (AvgIpc) is 2.34. The molecule has 0 radical (unpaired) electrons. The van der Waals surface area contributed by atoms with Gasteiger partial charge in [-0.05, 0) is 43.6 Å². The molecule has 0 aliphatic rings. The van der Waals surface area contributed by atoms with E-state index in [4.69, 9.17) is 15.2 Å². The van der Waals surface area contributed by atoms with Gasteiger partial charge in [0.25, 0.3) is 0 Å². The van der Waals surface area contributed by atoms with Gasteiger partial charge in [-0.2, -0.15) is 0 Å². The Morgan fingerprint density at radius 1 is 1.24 bits per heavy atom. The van der Waals surface area contributed by atoms with Gasteiger partial charge in [-0.15, -0.1) is 0 Å². The Morgan fingerprint density at radius 3 is 2.71 bits per heavy atom. The monoisotopic (exact) mass is 238 g/mol. The maximum Gasteiger partial charge on any atom is 0.141 e. The zero-order valence-electron chi connectivity index (χ0n) is 10.7. The van der Waals surface area contributed by atoms with Crippen LogP contribution in [-0.2, 0) is 11.2 Å². The van der Waals surface area contributed by atoms with Crippen molar-refractivity contribution in [2.45, 2.75) is 12.8 Å². The number of hydrogen-bond donors (Lipinski definition) is 2. The van der Waals surface area contributed by atoms with Gasteiger partial charge in [0, 0.05) is 13.7 Å². The molecule has 17 heavy (non-hydrogen) atoms. The van der Waals surface area contributed by atoms with Gasteiger partial charge >= 0.3 is 0 Å². The summed E-state index contributed by atoms with van der Waals surface area (Å²) in [6, 6.07) is 5.93. The van der Waals surface area contributed by atoms with Crippen LogP contribution in [0.1, 0.15) is 12.0 Å². The van der Waals surface area contributed by atoms with E-state index in [1.165, 1.54) is 5.56 Å². The van der Waals surface area contributed by atoms with Crippen LogP contribution in [-0.4, -0.2) is 33.9 Å². The molecule has 1 rings (SSSR count). The first kappa shape index (κ1) is 13.8. The molecule has 96 valence electrons. The van der Waals surface area contributed by atoms with Crippen LogP contribution in [0.15, 0.2) is 18.2 Å². The van der Waals surface area contributed by atoms with Gasteiger partial charge in [0.15, 0.2) is 0 Å². The summed E-state index contributed by atoms with van der Waals surface area (Å²) in [6.45, 7) is 2.75. The molecular weight excluding hydrogens is 216 g/mol. The predicted octanol–water partition coefficient (Wildman–Crippen LogP) is 1.45. The fourth-order valence-electron chi connectivity index (χ4n) is 1.64. The van der Waals surface area contributed by atoms with Crippen LogP contribution in [0.4, 0.5) is 5.69 Å². The number of hydrogen-bond acceptors (Lipinski definition) is 4. The minimum atomic E-state index is 0.699. The molecule has 4 nitrogen and oxygen atoms in total. The number of ether oxygens (including phenoxy) is 2. The van der Waals surface area contributed by atoms with E-state index in [2.05, 4.69) is 5.32 Å². The van der Waals surface area contributed by atoms with Gasteiger partial charge in [-0.25, -0.2) is 0 Å². The molecule has 1 aromatic rings. The molecule has 0 fully saturated rings. The summed E-state index contributed by atoms with van der Waals surface area (Å²) < 4.78 is 10.1. The highest BCUT2D eigenvalue weighted by molar-refractivity contribution is 5.54. The fourth-order valence-corrected chi connectivity index (χ4v) is 1.64. The largest absolute Gasteiger partial charge is 0.495 e. The minimum Gasteiger partial charge on any atom is -0.495 e. The van der Waals surface area contributed by atoms with Gasteiger partial charge in [-0.3, -0.25) is 0 Å². The quantitative estimate of drug-likeness (QED) is 0.531. The van der Waals surface area contributed by atoms with Crippen LogP contribution in [0, 0.1) is 0 Å². The van der Waals surface area contributed by atoms with E-state index >= 15 is 0 Å². The fraction of sp³-hybridized carbons (Fsp3) is 0.538. The molecule has 0 saturated carbocycles. The van der Waals surface area contributed by atoms with E-state index in [1.807, 2.05) is 18.2 Å². The molecule has 3 N–H and O–H groups in total. The molecule has 0 bridgehead atoms. The van der Waals surface area contributed by atoms with Crippen molar-refractivity contribution in [1.29, 1.82) is 0 Å². The molecule has 0 spiro atoms. The van der Waals surface area contributed by atoms with Crippen molar-refractivity contribution in [3.63, 3.8) is 0 Å². The highest BCUT2D eigenvalue weighted by atomic mass is 16.5. The lowest BCUT2D eigenvalue weighted by Crippen LogP contribution is -2.19. The normalized spacial score (nSPS) is 10.5. The van der Waals surface area contributed by atoms with Gasteiger partial charge in [-0.1, -0.05) is 6.07 Å². The summed E-state index contributed by atoms with van der Waals surface area (Å²) in [4.78, 5) is 0. The molecule has 1 aromatic carbocycles. The molecule has 0 heterocycles.